The number of rotatable bonds is 4. The van der Waals surface area contributed by atoms with E-state index >= 15 is 0 Å². The van der Waals surface area contributed by atoms with Gasteiger partial charge in [0.1, 0.15) is 5.75 Å². The van der Waals surface area contributed by atoms with Crippen molar-refractivity contribution in [1.29, 1.82) is 0 Å². The minimum absolute atomic E-state index is 0.0788. The Labute approximate surface area is 115 Å². The molecule has 0 fully saturated rings. The summed E-state index contributed by atoms with van der Waals surface area (Å²) < 4.78 is 6.18. The van der Waals surface area contributed by atoms with Crippen LogP contribution in [0.3, 0.4) is 0 Å². The molecule has 0 aliphatic rings. The summed E-state index contributed by atoms with van der Waals surface area (Å²) in [5.74, 6) is 1.30. The zero-order chi connectivity index (χ0) is 12.3. The second-order valence-corrected chi connectivity index (χ2v) is 5.92. The largest absolute Gasteiger partial charge is 0.495 e. The van der Waals surface area contributed by atoms with Gasteiger partial charge in [-0.3, -0.25) is 0 Å². The summed E-state index contributed by atoms with van der Waals surface area (Å²) in [5, 5.41) is 0.585. The Morgan fingerprint density at radius 2 is 2.00 bits per heavy atom. The molecule has 1 aromatic carbocycles. The molecule has 1 nitrogen and oxygen atoms in total. The highest BCUT2D eigenvalue weighted by Gasteiger charge is 2.18. The molecule has 16 heavy (non-hydrogen) atoms. The van der Waals surface area contributed by atoms with Crippen molar-refractivity contribution >= 4 is 39.1 Å². The average Bonchev–Trinajstić information content (AvgIpc) is 2.15. The predicted octanol–water partition coefficient (Wildman–Crippen LogP) is 5.44. The van der Waals surface area contributed by atoms with Crippen LogP contribution in [0.15, 0.2) is 16.6 Å². The van der Waals surface area contributed by atoms with Crippen LogP contribution in [0.1, 0.15) is 31.2 Å². The standard InChI is InChI=1S/C12H15BrCl2O/c1-7(2)4-11(15)9-5-8(14)6-10(13)12(9)16-3/h5-7,11H,4H2,1-3H3. The van der Waals surface area contributed by atoms with E-state index in [0.717, 1.165) is 22.2 Å². The summed E-state index contributed by atoms with van der Waals surface area (Å²) in [4.78, 5) is 0. The van der Waals surface area contributed by atoms with Gasteiger partial charge in [0.2, 0.25) is 0 Å². The van der Waals surface area contributed by atoms with Gasteiger partial charge >= 0.3 is 0 Å². The zero-order valence-corrected chi connectivity index (χ0v) is 12.7. The third-order valence-corrected chi connectivity index (χ3v) is 3.48. The number of methoxy groups -OCH3 is 1. The second kappa shape index (κ2) is 6.13. The molecule has 0 aliphatic heterocycles. The third kappa shape index (κ3) is 3.54. The van der Waals surface area contributed by atoms with Crippen LogP contribution in [0.5, 0.6) is 5.75 Å². The Hall–Kier alpha value is 0.0800. The van der Waals surface area contributed by atoms with E-state index in [1.54, 1.807) is 7.11 Å². The molecule has 0 amide bonds. The fourth-order valence-corrected chi connectivity index (χ4v) is 3.08. The maximum atomic E-state index is 6.37. The molecule has 90 valence electrons. The number of hydrogen-bond donors (Lipinski definition) is 0. The molecule has 0 aromatic heterocycles. The minimum Gasteiger partial charge on any atom is -0.495 e. The van der Waals surface area contributed by atoms with E-state index in [4.69, 9.17) is 27.9 Å². The Kier molecular flexibility index (Phi) is 5.42. The summed E-state index contributed by atoms with van der Waals surface area (Å²) in [6, 6.07) is 3.67. The molecule has 0 bridgehead atoms. The highest BCUT2D eigenvalue weighted by Crippen LogP contribution is 2.40. The van der Waals surface area contributed by atoms with Crippen molar-refractivity contribution in [3.8, 4) is 5.75 Å². The summed E-state index contributed by atoms with van der Waals surface area (Å²) in [7, 11) is 1.64. The first-order chi connectivity index (χ1) is 7.45. The van der Waals surface area contributed by atoms with Gasteiger partial charge in [-0.15, -0.1) is 11.6 Å². The molecular weight excluding hydrogens is 311 g/mol. The lowest BCUT2D eigenvalue weighted by Gasteiger charge is -2.17. The van der Waals surface area contributed by atoms with E-state index in [-0.39, 0.29) is 5.38 Å². The van der Waals surface area contributed by atoms with Crippen molar-refractivity contribution in [3.63, 3.8) is 0 Å². The van der Waals surface area contributed by atoms with Gasteiger partial charge < -0.3 is 4.74 Å². The van der Waals surface area contributed by atoms with Crippen LogP contribution in [-0.2, 0) is 0 Å². The highest BCUT2D eigenvalue weighted by atomic mass is 79.9. The van der Waals surface area contributed by atoms with Crippen LogP contribution in [0, 0.1) is 5.92 Å². The molecule has 1 atom stereocenters. The normalized spacial score (nSPS) is 12.9. The van der Waals surface area contributed by atoms with Crippen molar-refractivity contribution in [2.45, 2.75) is 25.6 Å². The van der Waals surface area contributed by atoms with Gasteiger partial charge in [-0.25, -0.2) is 0 Å². The quantitative estimate of drug-likeness (QED) is 0.670. The van der Waals surface area contributed by atoms with E-state index < -0.39 is 0 Å². The van der Waals surface area contributed by atoms with Crippen molar-refractivity contribution in [3.05, 3.63) is 27.2 Å². The monoisotopic (exact) mass is 324 g/mol. The molecule has 0 aliphatic carbocycles. The molecule has 0 N–H and O–H groups in total. The lowest BCUT2D eigenvalue weighted by atomic mass is 10.0. The maximum absolute atomic E-state index is 6.37. The van der Waals surface area contributed by atoms with E-state index in [0.29, 0.717) is 10.9 Å². The lowest BCUT2D eigenvalue weighted by molar-refractivity contribution is 0.404. The molecule has 0 radical (unpaired) electrons. The summed E-state index contributed by atoms with van der Waals surface area (Å²) in [6.45, 7) is 4.28. The Bertz CT molecular complexity index is 366. The number of ether oxygens (including phenoxy) is 1. The number of benzene rings is 1. The lowest BCUT2D eigenvalue weighted by Crippen LogP contribution is -2.00. The van der Waals surface area contributed by atoms with E-state index in [2.05, 4.69) is 29.8 Å². The Morgan fingerprint density at radius 1 is 1.38 bits per heavy atom. The van der Waals surface area contributed by atoms with Gasteiger partial charge in [0.25, 0.3) is 0 Å². The summed E-state index contributed by atoms with van der Waals surface area (Å²) in [5.41, 5.74) is 0.942. The zero-order valence-electron chi connectivity index (χ0n) is 9.56. The van der Waals surface area contributed by atoms with Crippen molar-refractivity contribution in [1.82, 2.24) is 0 Å². The second-order valence-electron chi connectivity index (χ2n) is 4.11. The van der Waals surface area contributed by atoms with E-state index in [1.165, 1.54) is 0 Å². The van der Waals surface area contributed by atoms with Gasteiger partial charge in [-0.05, 0) is 40.4 Å². The number of hydrogen-bond acceptors (Lipinski definition) is 1. The minimum atomic E-state index is -0.0788. The van der Waals surface area contributed by atoms with Crippen LogP contribution in [0.4, 0.5) is 0 Å². The summed E-state index contributed by atoms with van der Waals surface area (Å²) >= 11 is 15.8. The first-order valence-corrected chi connectivity index (χ1v) is 6.73. The van der Waals surface area contributed by atoms with Crippen molar-refractivity contribution in [2.24, 2.45) is 5.92 Å². The molecule has 0 saturated carbocycles. The van der Waals surface area contributed by atoms with E-state index in [1.807, 2.05) is 12.1 Å². The molecular formula is C12H15BrCl2O. The van der Waals surface area contributed by atoms with Gasteiger partial charge in [-0.2, -0.15) is 0 Å². The molecule has 0 saturated heterocycles. The van der Waals surface area contributed by atoms with Gasteiger partial charge in [-0.1, -0.05) is 25.4 Å². The molecule has 1 unspecified atom stereocenters. The van der Waals surface area contributed by atoms with Crippen LogP contribution in [0.25, 0.3) is 0 Å². The number of alkyl halides is 1. The Balaban J connectivity index is 3.10. The van der Waals surface area contributed by atoms with Gasteiger partial charge in [0.15, 0.2) is 0 Å². The fourth-order valence-electron chi connectivity index (χ4n) is 1.57. The van der Waals surface area contributed by atoms with Crippen LogP contribution in [-0.4, -0.2) is 7.11 Å². The molecule has 1 rings (SSSR count). The van der Waals surface area contributed by atoms with Gasteiger partial charge in [0.05, 0.1) is 17.0 Å². The van der Waals surface area contributed by atoms with Gasteiger partial charge in [0, 0.05) is 10.6 Å². The smallest absolute Gasteiger partial charge is 0.137 e. The van der Waals surface area contributed by atoms with E-state index in [9.17, 15) is 0 Å². The summed E-state index contributed by atoms with van der Waals surface area (Å²) in [6.07, 6.45) is 0.894. The van der Waals surface area contributed by atoms with Crippen LogP contribution in [0.2, 0.25) is 5.02 Å². The molecule has 4 heteroatoms. The first kappa shape index (κ1) is 14.1. The highest BCUT2D eigenvalue weighted by molar-refractivity contribution is 9.10. The third-order valence-electron chi connectivity index (χ3n) is 2.26. The SMILES string of the molecule is COc1c(Br)cc(Cl)cc1C(Cl)CC(C)C. The first-order valence-electron chi connectivity index (χ1n) is 5.12. The fraction of sp³-hybridized carbons (Fsp3) is 0.500. The van der Waals surface area contributed by atoms with Crippen LogP contribution < -0.4 is 4.74 Å². The van der Waals surface area contributed by atoms with Crippen molar-refractivity contribution < 1.29 is 4.74 Å². The number of halogens is 3. The molecule has 1 aromatic rings. The predicted molar refractivity (Wildman–Crippen MR) is 73.8 cm³/mol. The molecule has 0 spiro atoms. The van der Waals surface area contributed by atoms with Crippen LogP contribution >= 0.6 is 39.1 Å². The molecule has 0 heterocycles. The maximum Gasteiger partial charge on any atom is 0.137 e. The Morgan fingerprint density at radius 3 is 2.50 bits per heavy atom. The average molecular weight is 326 g/mol. The topological polar surface area (TPSA) is 9.23 Å². The van der Waals surface area contributed by atoms with Crippen molar-refractivity contribution in [2.75, 3.05) is 7.11 Å².